The van der Waals surface area contributed by atoms with Gasteiger partial charge in [0.25, 0.3) is 5.91 Å². The number of carbonyl (C=O) groups excluding carboxylic acids is 1. The van der Waals surface area contributed by atoms with Gasteiger partial charge in [-0.05, 0) is 52.4 Å². The third kappa shape index (κ3) is 3.85. The van der Waals surface area contributed by atoms with Crippen LogP contribution in [0.4, 0.5) is 4.39 Å². The van der Waals surface area contributed by atoms with Crippen molar-refractivity contribution in [2.75, 3.05) is 0 Å². The van der Waals surface area contributed by atoms with Crippen LogP contribution >= 0.6 is 22.6 Å². The Kier molecular flexibility index (Phi) is 4.62. The maximum atomic E-state index is 12.7. The Hall–Kier alpha value is -1.76. The van der Waals surface area contributed by atoms with E-state index in [9.17, 15) is 9.18 Å². The maximum Gasteiger partial charge on any atom is 0.272 e. The molecule has 0 fully saturated rings. The van der Waals surface area contributed by atoms with Gasteiger partial charge in [-0.1, -0.05) is 24.3 Å². The zero-order valence-corrected chi connectivity index (χ0v) is 12.0. The number of carbonyl (C=O) groups is 1. The summed E-state index contributed by atoms with van der Waals surface area (Å²) in [6.45, 7) is 0. The molecule has 2 rings (SSSR count). The SMILES string of the molecule is O=C(N/N=C/c1ccc(F)cc1)c1ccccc1I. The van der Waals surface area contributed by atoms with Gasteiger partial charge in [0.15, 0.2) is 0 Å². The van der Waals surface area contributed by atoms with Gasteiger partial charge in [0.2, 0.25) is 0 Å². The summed E-state index contributed by atoms with van der Waals surface area (Å²) in [5, 5.41) is 3.84. The first-order valence-corrected chi connectivity index (χ1v) is 6.58. The van der Waals surface area contributed by atoms with Crippen LogP contribution in [0.3, 0.4) is 0 Å². The van der Waals surface area contributed by atoms with Crippen LogP contribution in [-0.2, 0) is 0 Å². The van der Waals surface area contributed by atoms with Gasteiger partial charge in [0, 0.05) is 3.57 Å². The molecule has 0 unspecified atom stereocenters. The van der Waals surface area contributed by atoms with Gasteiger partial charge >= 0.3 is 0 Å². The second-order valence-corrected chi connectivity index (χ2v) is 4.89. The lowest BCUT2D eigenvalue weighted by atomic mass is 10.2. The molecule has 0 heterocycles. The molecule has 0 bridgehead atoms. The van der Waals surface area contributed by atoms with Crippen molar-refractivity contribution in [2.24, 2.45) is 5.10 Å². The zero-order chi connectivity index (χ0) is 13.7. The number of amides is 1. The number of nitrogens with one attached hydrogen (secondary N) is 1. The van der Waals surface area contributed by atoms with Crippen LogP contribution < -0.4 is 5.43 Å². The van der Waals surface area contributed by atoms with Crippen LogP contribution in [0.15, 0.2) is 53.6 Å². The summed E-state index contributed by atoms with van der Waals surface area (Å²) in [7, 11) is 0. The molecule has 0 radical (unpaired) electrons. The Morgan fingerprint density at radius 2 is 1.84 bits per heavy atom. The normalized spacial score (nSPS) is 10.6. The van der Waals surface area contributed by atoms with Crippen LogP contribution in [0, 0.1) is 9.39 Å². The quantitative estimate of drug-likeness (QED) is 0.505. The fraction of sp³-hybridized carbons (Fsp3) is 0. The van der Waals surface area contributed by atoms with Gasteiger partial charge in [0.05, 0.1) is 11.8 Å². The molecule has 0 aliphatic rings. The highest BCUT2D eigenvalue weighted by molar-refractivity contribution is 14.1. The largest absolute Gasteiger partial charge is 0.272 e. The molecule has 3 nitrogen and oxygen atoms in total. The van der Waals surface area contributed by atoms with E-state index >= 15 is 0 Å². The van der Waals surface area contributed by atoms with Crippen LogP contribution in [-0.4, -0.2) is 12.1 Å². The predicted octanol–water partition coefficient (Wildman–Crippen LogP) is 3.19. The molecule has 0 spiro atoms. The van der Waals surface area contributed by atoms with Gasteiger partial charge in [-0.3, -0.25) is 4.79 Å². The molecule has 0 atom stereocenters. The van der Waals surface area contributed by atoms with Crippen molar-refractivity contribution >= 4 is 34.7 Å². The van der Waals surface area contributed by atoms with Crippen molar-refractivity contribution in [3.05, 3.63) is 69.0 Å². The Morgan fingerprint density at radius 1 is 1.16 bits per heavy atom. The minimum Gasteiger partial charge on any atom is -0.267 e. The fourth-order valence-electron chi connectivity index (χ4n) is 1.42. The lowest BCUT2D eigenvalue weighted by Gasteiger charge is -2.01. The summed E-state index contributed by atoms with van der Waals surface area (Å²) in [6.07, 6.45) is 1.47. The number of nitrogens with zero attached hydrogens (tertiary/aromatic N) is 1. The first-order chi connectivity index (χ1) is 9.16. The van der Waals surface area contributed by atoms with Crippen molar-refractivity contribution in [1.29, 1.82) is 0 Å². The topological polar surface area (TPSA) is 41.5 Å². The molecule has 0 saturated carbocycles. The molecule has 0 saturated heterocycles. The number of hydrogen-bond donors (Lipinski definition) is 1. The van der Waals surface area contributed by atoms with Crippen molar-refractivity contribution in [1.82, 2.24) is 5.43 Å². The number of halogens is 2. The van der Waals surface area contributed by atoms with E-state index in [0.29, 0.717) is 11.1 Å². The highest BCUT2D eigenvalue weighted by atomic mass is 127. The zero-order valence-electron chi connectivity index (χ0n) is 9.81. The third-order valence-electron chi connectivity index (χ3n) is 2.37. The minimum absolute atomic E-state index is 0.275. The molecule has 0 aliphatic carbocycles. The second-order valence-electron chi connectivity index (χ2n) is 3.73. The van der Waals surface area contributed by atoms with Gasteiger partial charge < -0.3 is 0 Å². The van der Waals surface area contributed by atoms with Crippen LogP contribution in [0.1, 0.15) is 15.9 Å². The van der Waals surface area contributed by atoms with E-state index < -0.39 is 0 Å². The van der Waals surface area contributed by atoms with E-state index in [-0.39, 0.29) is 11.7 Å². The summed E-state index contributed by atoms with van der Waals surface area (Å²) in [5.41, 5.74) is 3.72. The van der Waals surface area contributed by atoms with Crippen LogP contribution in [0.5, 0.6) is 0 Å². The highest BCUT2D eigenvalue weighted by Gasteiger charge is 2.07. The average molecular weight is 368 g/mol. The fourth-order valence-corrected chi connectivity index (χ4v) is 2.05. The maximum absolute atomic E-state index is 12.7. The minimum atomic E-state index is -0.306. The van der Waals surface area contributed by atoms with Crippen molar-refractivity contribution in [2.45, 2.75) is 0 Å². The molecule has 5 heteroatoms. The Bertz CT molecular complexity index is 611. The number of rotatable bonds is 3. The van der Waals surface area contributed by atoms with E-state index in [0.717, 1.165) is 3.57 Å². The molecule has 2 aromatic carbocycles. The van der Waals surface area contributed by atoms with Gasteiger partial charge in [0.1, 0.15) is 5.82 Å². The molecule has 96 valence electrons. The van der Waals surface area contributed by atoms with E-state index in [2.05, 4.69) is 33.1 Å². The monoisotopic (exact) mass is 368 g/mol. The Balaban J connectivity index is 2.01. The molecular weight excluding hydrogens is 358 g/mol. The summed E-state index contributed by atoms with van der Waals surface area (Å²) in [4.78, 5) is 11.8. The number of hydrazone groups is 1. The molecule has 2 aromatic rings. The van der Waals surface area contributed by atoms with Crippen LogP contribution in [0.2, 0.25) is 0 Å². The number of hydrogen-bond acceptors (Lipinski definition) is 2. The summed E-state index contributed by atoms with van der Waals surface area (Å²) < 4.78 is 13.5. The van der Waals surface area contributed by atoms with Crippen molar-refractivity contribution in [3.8, 4) is 0 Å². The average Bonchev–Trinajstić information content (AvgIpc) is 2.41. The van der Waals surface area contributed by atoms with Crippen LogP contribution in [0.25, 0.3) is 0 Å². The molecule has 0 aromatic heterocycles. The van der Waals surface area contributed by atoms with E-state index in [4.69, 9.17) is 0 Å². The summed E-state index contributed by atoms with van der Waals surface area (Å²) in [6, 6.07) is 13.1. The van der Waals surface area contributed by atoms with E-state index in [1.54, 1.807) is 24.3 Å². The lowest BCUT2D eigenvalue weighted by molar-refractivity contribution is 0.0954. The summed E-state index contributed by atoms with van der Waals surface area (Å²) in [5.74, 6) is -0.580. The molecule has 0 aliphatic heterocycles. The van der Waals surface area contributed by atoms with Gasteiger partial charge in [-0.15, -0.1) is 0 Å². The number of benzene rings is 2. The van der Waals surface area contributed by atoms with Crippen molar-refractivity contribution in [3.63, 3.8) is 0 Å². The predicted molar refractivity (Wildman–Crippen MR) is 80.6 cm³/mol. The van der Waals surface area contributed by atoms with Gasteiger partial charge in [-0.2, -0.15) is 5.10 Å². The standard InChI is InChI=1S/C14H10FIN2O/c15-11-7-5-10(6-8-11)9-17-18-14(19)12-3-1-2-4-13(12)16/h1-9H,(H,18,19)/b17-9+. The smallest absolute Gasteiger partial charge is 0.267 e. The van der Waals surface area contributed by atoms with E-state index in [1.807, 2.05) is 12.1 Å². The summed E-state index contributed by atoms with van der Waals surface area (Å²) >= 11 is 2.09. The highest BCUT2D eigenvalue weighted by Crippen LogP contribution is 2.10. The second kappa shape index (κ2) is 6.42. The Morgan fingerprint density at radius 3 is 2.53 bits per heavy atom. The molecule has 1 N–H and O–H groups in total. The van der Waals surface area contributed by atoms with E-state index in [1.165, 1.54) is 18.3 Å². The first-order valence-electron chi connectivity index (χ1n) is 5.50. The molecular formula is C14H10FIN2O. The van der Waals surface area contributed by atoms with Gasteiger partial charge in [-0.25, -0.2) is 9.82 Å². The van der Waals surface area contributed by atoms with Crippen molar-refractivity contribution < 1.29 is 9.18 Å². The molecule has 19 heavy (non-hydrogen) atoms. The molecule has 1 amide bonds. The lowest BCUT2D eigenvalue weighted by Crippen LogP contribution is -2.18. The third-order valence-corrected chi connectivity index (χ3v) is 3.31. The Labute approximate surface area is 123 Å². The first kappa shape index (κ1) is 13.7.